The van der Waals surface area contributed by atoms with Gasteiger partial charge in [-0.2, -0.15) is 8.42 Å². The van der Waals surface area contributed by atoms with E-state index in [2.05, 4.69) is 0 Å². The third-order valence-electron chi connectivity index (χ3n) is 2.79. The van der Waals surface area contributed by atoms with Crippen molar-refractivity contribution >= 4 is 33.3 Å². The van der Waals surface area contributed by atoms with Gasteiger partial charge in [-0.05, 0) is 12.1 Å². The van der Waals surface area contributed by atoms with Crippen molar-refractivity contribution in [2.24, 2.45) is 0 Å². The van der Waals surface area contributed by atoms with E-state index in [-0.39, 0.29) is 19.1 Å². The van der Waals surface area contributed by atoms with E-state index < -0.39 is 22.0 Å². The molecule has 1 aromatic rings. The van der Waals surface area contributed by atoms with Crippen molar-refractivity contribution in [1.29, 1.82) is 0 Å². The first-order valence-corrected chi connectivity index (χ1v) is 8.56. The molecule has 0 radical (unpaired) electrons. The highest BCUT2D eigenvalue weighted by Crippen LogP contribution is 2.36. The summed E-state index contributed by atoms with van der Waals surface area (Å²) in [5.74, 6) is -1.03. The zero-order valence-electron chi connectivity index (χ0n) is 10.7. The van der Waals surface area contributed by atoms with Crippen LogP contribution in [-0.2, 0) is 29.6 Å². The van der Waals surface area contributed by atoms with E-state index in [9.17, 15) is 8.42 Å². The largest absolute Gasteiger partial charge is 0.342 e. The topological polar surface area (TPSA) is 61.8 Å². The fourth-order valence-electron chi connectivity index (χ4n) is 1.85. The smallest absolute Gasteiger partial charge is 0.264 e. The van der Waals surface area contributed by atoms with E-state index in [1.165, 1.54) is 0 Å². The predicted octanol–water partition coefficient (Wildman–Crippen LogP) is 2.12. The van der Waals surface area contributed by atoms with Crippen molar-refractivity contribution in [3.8, 4) is 0 Å². The Labute approximate surface area is 127 Å². The van der Waals surface area contributed by atoms with Crippen LogP contribution >= 0.6 is 23.2 Å². The maximum Gasteiger partial charge on any atom is 0.264 e. The van der Waals surface area contributed by atoms with Crippen LogP contribution in [0.5, 0.6) is 0 Å². The number of alkyl halides is 1. The third kappa shape index (κ3) is 3.84. The third-order valence-corrected chi connectivity index (χ3v) is 3.96. The molecular formula is C12H14Cl2O5S. The fraction of sp³-hybridized carbons (Fsp3) is 0.500. The van der Waals surface area contributed by atoms with Gasteiger partial charge in [0.1, 0.15) is 6.10 Å². The standard InChI is InChI=1S/C12H14Cl2O5S/c1-20(15,16)18-7-11-6-17-12(8-13,19-11)9-2-4-10(14)5-3-9/h2-5,11H,6-8H2,1H3/t11-,12+/m0/s1. The molecule has 1 heterocycles. The molecule has 0 aliphatic carbocycles. The summed E-state index contributed by atoms with van der Waals surface area (Å²) in [5, 5.41) is 0.591. The van der Waals surface area contributed by atoms with Crippen molar-refractivity contribution in [2.75, 3.05) is 25.3 Å². The molecule has 1 aliphatic rings. The average Bonchev–Trinajstić information content (AvgIpc) is 2.81. The number of hydrogen-bond acceptors (Lipinski definition) is 5. The highest BCUT2D eigenvalue weighted by Gasteiger charge is 2.43. The van der Waals surface area contributed by atoms with Crippen molar-refractivity contribution in [1.82, 2.24) is 0 Å². The van der Waals surface area contributed by atoms with E-state index in [0.717, 1.165) is 11.8 Å². The zero-order chi connectivity index (χ0) is 14.8. The molecular weight excluding hydrogens is 327 g/mol. The predicted molar refractivity (Wildman–Crippen MR) is 75.5 cm³/mol. The Kier molecular flexibility index (Phi) is 4.94. The molecule has 1 aromatic carbocycles. The number of ether oxygens (including phenoxy) is 2. The molecule has 112 valence electrons. The Morgan fingerprint density at radius 3 is 2.60 bits per heavy atom. The summed E-state index contributed by atoms with van der Waals surface area (Å²) in [7, 11) is -3.51. The van der Waals surface area contributed by atoms with E-state index in [1.807, 2.05) is 0 Å². The van der Waals surface area contributed by atoms with E-state index in [4.69, 9.17) is 36.9 Å². The lowest BCUT2D eigenvalue weighted by Crippen LogP contribution is -2.31. The highest BCUT2D eigenvalue weighted by atomic mass is 35.5. The first-order valence-electron chi connectivity index (χ1n) is 5.83. The van der Waals surface area contributed by atoms with Gasteiger partial charge >= 0.3 is 0 Å². The minimum absolute atomic E-state index is 0.0734. The minimum Gasteiger partial charge on any atom is -0.342 e. The van der Waals surface area contributed by atoms with Gasteiger partial charge < -0.3 is 9.47 Å². The average molecular weight is 341 g/mol. The van der Waals surface area contributed by atoms with Gasteiger partial charge in [-0.15, -0.1) is 11.6 Å². The van der Waals surface area contributed by atoms with E-state index >= 15 is 0 Å². The van der Waals surface area contributed by atoms with Crippen molar-refractivity contribution < 1.29 is 22.1 Å². The van der Waals surface area contributed by atoms with Crippen LogP contribution in [0.1, 0.15) is 5.56 Å². The summed E-state index contributed by atoms with van der Waals surface area (Å²) >= 11 is 11.8. The van der Waals surface area contributed by atoms with Gasteiger partial charge in [0.2, 0.25) is 5.79 Å². The lowest BCUT2D eigenvalue weighted by molar-refractivity contribution is -0.161. The highest BCUT2D eigenvalue weighted by molar-refractivity contribution is 7.85. The summed E-state index contributed by atoms with van der Waals surface area (Å²) < 4.78 is 38.0. The maximum atomic E-state index is 11.0. The summed E-state index contributed by atoms with van der Waals surface area (Å²) in [4.78, 5) is 0. The van der Waals surface area contributed by atoms with Crippen molar-refractivity contribution in [3.63, 3.8) is 0 Å². The van der Waals surface area contributed by atoms with Gasteiger partial charge in [0.25, 0.3) is 10.1 Å². The molecule has 0 amide bonds. The second kappa shape index (κ2) is 6.17. The molecule has 0 N–H and O–H groups in total. The SMILES string of the molecule is CS(=O)(=O)OC[C@@H]1CO[C@@](CCl)(c2ccc(Cl)cc2)O1. The quantitative estimate of drug-likeness (QED) is 0.606. The summed E-state index contributed by atoms with van der Waals surface area (Å²) in [6, 6.07) is 6.92. The molecule has 20 heavy (non-hydrogen) atoms. The summed E-state index contributed by atoms with van der Waals surface area (Å²) in [6.07, 6.45) is 0.482. The van der Waals surface area contributed by atoms with Gasteiger partial charge in [-0.3, -0.25) is 4.18 Å². The molecule has 1 fully saturated rings. The van der Waals surface area contributed by atoms with Gasteiger partial charge in [0.15, 0.2) is 0 Å². The molecule has 5 nitrogen and oxygen atoms in total. The fourth-order valence-corrected chi connectivity index (χ4v) is 2.67. The molecule has 8 heteroatoms. The first kappa shape index (κ1) is 16.0. The molecule has 0 unspecified atom stereocenters. The summed E-state index contributed by atoms with van der Waals surface area (Å²) in [6.45, 7) is 0.0932. The molecule has 2 rings (SSSR count). The van der Waals surface area contributed by atoms with E-state index in [0.29, 0.717) is 5.02 Å². The second-order valence-corrected chi connectivity index (χ2v) is 6.78. The normalized spacial score (nSPS) is 26.9. The number of hydrogen-bond donors (Lipinski definition) is 0. The van der Waals surface area contributed by atoms with Gasteiger partial charge in [0, 0.05) is 10.6 Å². The molecule has 1 saturated heterocycles. The Hall–Kier alpha value is -0.370. The monoisotopic (exact) mass is 340 g/mol. The van der Waals surface area contributed by atoms with Crippen molar-refractivity contribution in [3.05, 3.63) is 34.9 Å². The van der Waals surface area contributed by atoms with Crippen molar-refractivity contribution in [2.45, 2.75) is 11.9 Å². The Morgan fingerprint density at radius 1 is 1.40 bits per heavy atom. The van der Waals surface area contributed by atoms with Crippen LogP contribution in [0.3, 0.4) is 0 Å². The Balaban J connectivity index is 2.09. The van der Waals surface area contributed by atoms with Gasteiger partial charge in [0.05, 0.1) is 25.3 Å². The van der Waals surface area contributed by atoms with Crippen LogP contribution in [0, 0.1) is 0 Å². The number of benzene rings is 1. The van der Waals surface area contributed by atoms with E-state index in [1.54, 1.807) is 24.3 Å². The second-order valence-electron chi connectivity index (χ2n) is 4.43. The van der Waals surface area contributed by atoms with Crippen LogP contribution in [0.25, 0.3) is 0 Å². The number of halogens is 2. The number of rotatable bonds is 5. The first-order chi connectivity index (χ1) is 9.35. The Morgan fingerprint density at radius 2 is 2.05 bits per heavy atom. The Bertz CT molecular complexity index is 560. The van der Waals surface area contributed by atoms with Crippen LogP contribution in [-0.4, -0.2) is 39.9 Å². The summed E-state index contributed by atoms with van der Waals surface area (Å²) in [5.41, 5.74) is 0.721. The van der Waals surface area contributed by atoms with Crippen LogP contribution in [0.15, 0.2) is 24.3 Å². The lowest BCUT2D eigenvalue weighted by Gasteiger charge is -2.26. The lowest BCUT2D eigenvalue weighted by atomic mass is 10.1. The zero-order valence-corrected chi connectivity index (χ0v) is 13.0. The molecule has 0 spiro atoms. The van der Waals surface area contributed by atoms with Crippen LogP contribution in [0.4, 0.5) is 0 Å². The van der Waals surface area contributed by atoms with Crippen LogP contribution < -0.4 is 0 Å². The molecule has 1 aliphatic heterocycles. The van der Waals surface area contributed by atoms with Crippen LogP contribution in [0.2, 0.25) is 5.02 Å². The molecule has 2 atom stereocenters. The van der Waals surface area contributed by atoms with Gasteiger partial charge in [-0.25, -0.2) is 0 Å². The molecule has 0 aromatic heterocycles. The molecule has 0 saturated carbocycles. The molecule has 0 bridgehead atoms. The maximum absolute atomic E-state index is 11.0. The minimum atomic E-state index is -3.51. The van der Waals surface area contributed by atoms with Gasteiger partial charge in [-0.1, -0.05) is 23.7 Å².